The fraction of sp³-hybridized carbons (Fsp3) is 0.727. The van der Waals surface area contributed by atoms with Crippen LogP contribution in [0, 0.1) is 12.8 Å². The molecule has 0 amide bonds. The third-order valence-electron chi connectivity index (χ3n) is 2.88. The highest BCUT2D eigenvalue weighted by Gasteiger charge is 2.16. The van der Waals surface area contributed by atoms with Crippen molar-refractivity contribution in [3.63, 3.8) is 0 Å². The molecule has 0 spiro atoms. The van der Waals surface area contributed by atoms with Gasteiger partial charge < -0.3 is 10.6 Å². The van der Waals surface area contributed by atoms with E-state index in [0.717, 1.165) is 12.5 Å². The third-order valence-corrected chi connectivity index (χ3v) is 3.97. The second kappa shape index (κ2) is 5.05. The predicted molar refractivity (Wildman–Crippen MR) is 64.2 cm³/mol. The number of rotatable bonds is 5. The van der Waals surface area contributed by atoms with Crippen molar-refractivity contribution in [1.82, 2.24) is 15.6 Å². The lowest BCUT2D eigenvalue weighted by atomic mass is 9.99. The highest BCUT2D eigenvalue weighted by molar-refractivity contribution is 7.11. The van der Waals surface area contributed by atoms with Crippen LogP contribution in [0.3, 0.4) is 0 Å². The first-order valence-corrected chi connectivity index (χ1v) is 6.44. The van der Waals surface area contributed by atoms with Crippen LogP contribution in [-0.4, -0.2) is 24.6 Å². The molecule has 3 nitrogen and oxygen atoms in total. The van der Waals surface area contributed by atoms with Crippen LogP contribution in [0.5, 0.6) is 0 Å². The summed E-state index contributed by atoms with van der Waals surface area (Å²) in [6, 6.07) is 0.400. The minimum Gasteiger partial charge on any atom is -0.316 e. The average molecular weight is 225 g/mol. The van der Waals surface area contributed by atoms with Gasteiger partial charge in [-0.05, 0) is 45.8 Å². The third kappa shape index (κ3) is 3.00. The van der Waals surface area contributed by atoms with Gasteiger partial charge in [-0.25, -0.2) is 4.98 Å². The molecule has 1 aliphatic heterocycles. The highest BCUT2D eigenvalue weighted by atomic mass is 32.1. The minimum atomic E-state index is 0.400. The van der Waals surface area contributed by atoms with E-state index < -0.39 is 0 Å². The molecule has 0 bridgehead atoms. The molecule has 1 aromatic heterocycles. The first-order valence-electron chi connectivity index (χ1n) is 5.62. The standard InChI is InChI=1S/C11H19N3S/c1-8-5-14-11(15-8)9(2)13-4-3-10-6-12-7-10/h5,9-10,12-13H,3-4,6-7H2,1-2H3. The van der Waals surface area contributed by atoms with E-state index in [9.17, 15) is 0 Å². The van der Waals surface area contributed by atoms with Crippen molar-refractivity contribution >= 4 is 11.3 Å². The van der Waals surface area contributed by atoms with Crippen LogP contribution in [0.1, 0.15) is 29.3 Å². The van der Waals surface area contributed by atoms with Gasteiger partial charge in [0.25, 0.3) is 0 Å². The van der Waals surface area contributed by atoms with Crippen LogP contribution in [-0.2, 0) is 0 Å². The fourth-order valence-electron chi connectivity index (χ4n) is 1.72. The quantitative estimate of drug-likeness (QED) is 0.801. The maximum Gasteiger partial charge on any atom is 0.109 e. The summed E-state index contributed by atoms with van der Waals surface area (Å²) < 4.78 is 0. The van der Waals surface area contributed by atoms with Crippen LogP contribution in [0.4, 0.5) is 0 Å². The smallest absolute Gasteiger partial charge is 0.109 e. The van der Waals surface area contributed by atoms with E-state index in [0.29, 0.717) is 6.04 Å². The van der Waals surface area contributed by atoms with E-state index in [4.69, 9.17) is 0 Å². The lowest BCUT2D eigenvalue weighted by Gasteiger charge is -2.27. The topological polar surface area (TPSA) is 37.0 Å². The Bertz CT molecular complexity index is 307. The molecule has 2 heterocycles. The van der Waals surface area contributed by atoms with E-state index in [1.165, 1.54) is 29.4 Å². The Balaban J connectivity index is 1.69. The summed E-state index contributed by atoms with van der Waals surface area (Å²) in [6.45, 7) is 7.80. The molecule has 0 saturated carbocycles. The van der Waals surface area contributed by atoms with Crippen molar-refractivity contribution in [2.45, 2.75) is 26.3 Å². The number of thiazole rings is 1. The van der Waals surface area contributed by atoms with Crippen LogP contribution >= 0.6 is 11.3 Å². The van der Waals surface area contributed by atoms with Gasteiger partial charge in [-0.3, -0.25) is 0 Å². The lowest BCUT2D eigenvalue weighted by Crippen LogP contribution is -2.43. The molecule has 4 heteroatoms. The second-order valence-corrected chi connectivity index (χ2v) is 5.56. The van der Waals surface area contributed by atoms with E-state index in [1.54, 1.807) is 11.3 Å². The molecular weight excluding hydrogens is 206 g/mol. The van der Waals surface area contributed by atoms with Crippen molar-refractivity contribution in [3.05, 3.63) is 16.1 Å². The molecule has 84 valence electrons. The van der Waals surface area contributed by atoms with E-state index in [1.807, 2.05) is 6.20 Å². The Morgan fingerprint density at radius 2 is 2.47 bits per heavy atom. The number of nitrogens with zero attached hydrogens (tertiary/aromatic N) is 1. The van der Waals surface area contributed by atoms with Crippen molar-refractivity contribution in [3.8, 4) is 0 Å². The molecule has 1 aromatic rings. The molecule has 0 aliphatic carbocycles. The normalized spacial score (nSPS) is 18.8. The summed E-state index contributed by atoms with van der Waals surface area (Å²) in [5, 5.41) is 8.04. The first-order chi connectivity index (χ1) is 7.25. The number of nitrogens with one attached hydrogen (secondary N) is 2. The molecule has 2 rings (SSSR count). The summed E-state index contributed by atoms with van der Waals surface area (Å²) >= 11 is 1.79. The number of aromatic nitrogens is 1. The Morgan fingerprint density at radius 3 is 3.00 bits per heavy atom. The Kier molecular flexibility index (Phi) is 3.72. The lowest BCUT2D eigenvalue weighted by molar-refractivity contribution is 0.318. The maximum absolute atomic E-state index is 4.39. The van der Waals surface area contributed by atoms with Gasteiger partial charge in [0.2, 0.25) is 0 Å². The predicted octanol–water partition coefficient (Wildman–Crippen LogP) is 1.71. The SMILES string of the molecule is Cc1cnc(C(C)NCCC2CNC2)s1. The van der Waals surface area contributed by atoms with Gasteiger partial charge in [0.1, 0.15) is 5.01 Å². The van der Waals surface area contributed by atoms with Gasteiger partial charge in [-0.1, -0.05) is 0 Å². The van der Waals surface area contributed by atoms with Crippen molar-refractivity contribution in [1.29, 1.82) is 0 Å². The molecular formula is C11H19N3S. The largest absolute Gasteiger partial charge is 0.316 e. The fourth-order valence-corrected chi connectivity index (χ4v) is 2.52. The summed E-state index contributed by atoms with van der Waals surface area (Å²) in [6.07, 6.45) is 3.23. The van der Waals surface area contributed by atoms with Crippen molar-refractivity contribution in [2.24, 2.45) is 5.92 Å². The molecule has 2 N–H and O–H groups in total. The monoisotopic (exact) mass is 225 g/mol. The number of hydrogen-bond donors (Lipinski definition) is 2. The zero-order valence-corrected chi connectivity index (χ0v) is 10.2. The molecule has 1 atom stereocenters. The molecule has 1 saturated heterocycles. The number of aryl methyl sites for hydroxylation is 1. The summed E-state index contributed by atoms with van der Waals surface area (Å²) in [5.41, 5.74) is 0. The molecule has 1 unspecified atom stereocenters. The zero-order valence-electron chi connectivity index (χ0n) is 9.42. The van der Waals surface area contributed by atoms with Gasteiger partial charge >= 0.3 is 0 Å². The van der Waals surface area contributed by atoms with Gasteiger partial charge in [-0.15, -0.1) is 11.3 Å². The summed E-state index contributed by atoms with van der Waals surface area (Å²) in [4.78, 5) is 5.68. The van der Waals surface area contributed by atoms with Gasteiger partial charge in [0.15, 0.2) is 0 Å². The van der Waals surface area contributed by atoms with Crippen LogP contribution in [0.2, 0.25) is 0 Å². The molecule has 1 aliphatic rings. The Morgan fingerprint density at radius 1 is 1.67 bits per heavy atom. The summed E-state index contributed by atoms with van der Waals surface area (Å²) in [7, 11) is 0. The van der Waals surface area contributed by atoms with Crippen molar-refractivity contribution in [2.75, 3.05) is 19.6 Å². The summed E-state index contributed by atoms with van der Waals surface area (Å²) in [5.74, 6) is 0.891. The van der Waals surface area contributed by atoms with Gasteiger partial charge in [0.05, 0.1) is 6.04 Å². The number of hydrogen-bond acceptors (Lipinski definition) is 4. The maximum atomic E-state index is 4.39. The molecule has 15 heavy (non-hydrogen) atoms. The Hall–Kier alpha value is -0.450. The molecule has 0 radical (unpaired) electrons. The average Bonchev–Trinajstić information content (AvgIpc) is 2.56. The van der Waals surface area contributed by atoms with Crippen LogP contribution in [0.25, 0.3) is 0 Å². The zero-order chi connectivity index (χ0) is 10.7. The van der Waals surface area contributed by atoms with Gasteiger partial charge in [-0.2, -0.15) is 0 Å². The Labute approximate surface area is 95.3 Å². The highest BCUT2D eigenvalue weighted by Crippen LogP contribution is 2.19. The van der Waals surface area contributed by atoms with E-state index in [-0.39, 0.29) is 0 Å². The molecule has 0 aromatic carbocycles. The van der Waals surface area contributed by atoms with Gasteiger partial charge in [0, 0.05) is 11.1 Å². The first kappa shape index (κ1) is 11.0. The van der Waals surface area contributed by atoms with Crippen molar-refractivity contribution < 1.29 is 0 Å². The minimum absolute atomic E-state index is 0.400. The molecule has 1 fully saturated rings. The van der Waals surface area contributed by atoms with Crippen LogP contribution < -0.4 is 10.6 Å². The van der Waals surface area contributed by atoms with E-state index >= 15 is 0 Å². The van der Waals surface area contributed by atoms with E-state index in [2.05, 4.69) is 29.5 Å². The second-order valence-electron chi connectivity index (χ2n) is 4.30. The van der Waals surface area contributed by atoms with Crippen LogP contribution in [0.15, 0.2) is 6.20 Å².